The third kappa shape index (κ3) is 2.75. The third-order valence-corrected chi connectivity index (χ3v) is 13.5. The van der Waals surface area contributed by atoms with Crippen molar-refractivity contribution in [3.8, 4) is 0 Å². The van der Waals surface area contributed by atoms with E-state index in [9.17, 15) is 15.0 Å². The molecular weight excluding hydrogens is 408 g/mol. The van der Waals surface area contributed by atoms with Gasteiger partial charge < -0.3 is 10.2 Å². The Labute approximate surface area is 201 Å². The van der Waals surface area contributed by atoms with Crippen molar-refractivity contribution < 1.29 is 15.0 Å². The molecule has 0 radical (unpaired) electrons. The molecule has 0 aromatic heterocycles. The minimum atomic E-state index is -0.538. The zero-order chi connectivity index (χ0) is 24.2. The predicted molar refractivity (Wildman–Crippen MR) is 133 cm³/mol. The van der Waals surface area contributed by atoms with Crippen LogP contribution in [-0.2, 0) is 4.79 Å². The van der Waals surface area contributed by atoms with Crippen LogP contribution >= 0.6 is 0 Å². The van der Waals surface area contributed by atoms with Crippen molar-refractivity contribution in [1.82, 2.24) is 0 Å². The number of carbonyl (C=O) groups is 1. The van der Waals surface area contributed by atoms with Crippen molar-refractivity contribution in [3.63, 3.8) is 0 Å². The van der Waals surface area contributed by atoms with E-state index in [0.29, 0.717) is 23.7 Å². The molecule has 0 aromatic rings. The van der Waals surface area contributed by atoms with Crippen molar-refractivity contribution in [1.29, 1.82) is 0 Å². The lowest BCUT2D eigenvalue weighted by Gasteiger charge is -2.72. The van der Waals surface area contributed by atoms with Crippen LogP contribution in [0.4, 0.5) is 0 Å². The number of fused-ring (bicyclic) bond motifs is 7. The molecule has 3 heteroatoms. The van der Waals surface area contributed by atoms with Gasteiger partial charge in [-0.3, -0.25) is 4.79 Å². The number of hydrogen-bond acceptors (Lipinski definition) is 2. The molecular formula is C30H48O3. The summed E-state index contributed by atoms with van der Waals surface area (Å²) in [5, 5.41) is 21.4. The number of allylic oxidation sites excluding steroid dienone is 1. The van der Waals surface area contributed by atoms with E-state index in [1.54, 1.807) is 0 Å². The average molecular weight is 457 g/mol. The molecule has 5 fully saturated rings. The number of carboxylic acids is 1. The van der Waals surface area contributed by atoms with Crippen LogP contribution in [0.15, 0.2) is 12.2 Å². The van der Waals surface area contributed by atoms with E-state index in [2.05, 4.69) is 48.1 Å². The first-order valence-electron chi connectivity index (χ1n) is 13.8. The standard InChI is InChI=1S/C30H48O3/c1-18(2)19-10-15-30(25(32)33)17-16-28(6)20(24(19)30)8-9-22-27(5)13-12-23(31)26(3,4)21(27)11-14-29(22,28)7/h19-24,31H,1,8-17H2,2-7H3,(H,32,33)/t19-,20+,21+,22+,23-,24+,27+,28+,29-,30+/m0/s1. The molecule has 0 bridgehead atoms. The van der Waals surface area contributed by atoms with E-state index < -0.39 is 11.4 Å². The van der Waals surface area contributed by atoms with Gasteiger partial charge in [-0.1, -0.05) is 46.8 Å². The molecule has 2 N–H and O–H groups in total. The first kappa shape index (κ1) is 23.9. The van der Waals surface area contributed by atoms with E-state index >= 15 is 0 Å². The van der Waals surface area contributed by atoms with Gasteiger partial charge in [-0.05, 0) is 122 Å². The maximum atomic E-state index is 12.8. The molecule has 0 aliphatic heterocycles. The molecule has 0 unspecified atom stereocenters. The molecule has 0 spiro atoms. The summed E-state index contributed by atoms with van der Waals surface area (Å²) in [5.74, 6) is 1.79. The lowest BCUT2D eigenvalue weighted by Crippen LogP contribution is -2.67. The van der Waals surface area contributed by atoms with Crippen LogP contribution in [0.3, 0.4) is 0 Å². The van der Waals surface area contributed by atoms with Crippen LogP contribution in [0.1, 0.15) is 106 Å². The van der Waals surface area contributed by atoms with Gasteiger partial charge in [0.05, 0.1) is 11.5 Å². The molecule has 3 nitrogen and oxygen atoms in total. The fourth-order valence-corrected chi connectivity index (χ4v) is 11.5. The fourth-order valence-electron chi connectivity index (χ4n) is 11.5. The molecule has 5 saturated carbocycles. The summed E-state index contributed by atoms with van der Waals surface area (Å²) in [6.45, 7) is 18.8. The summed E-state index contributed by atoms with van der Waals surface area (Å²) in [4.78, 5) is 12.8. The maximum absolute atomic E-state index is 12.8. The van der Waals surface area contributed by atoms with Crippen molar-refractivity contribution in [3.05, 3.63) is 12.2 Å². The molecule has 10 atom stereocenters. The van der Waals surface area contributed by atoms with Crippen molar-refractivity contribution in [2.45, 2.75) is 112 Å². The lowest BCUT2D eigenvalue weighted by molar-refractivity contribution is -0.248. The number of aliphatic hydroxyl groups excluding tert-OH is 1. The van der Waals surface area contributed by atoms with Crippen molar-refractivity contribution in [2.75, 3.05) is 0 Å². The van der Waals surface area contributed by atoms with Gasteiger partial charge in [0.1, 0.15) is 0 Å². The highest BCUT2D eigenvalue weighted by atomic mass is 16.4. The highest BCUT2D eigenvalue weighted by molar-refractivity contribution is 5.76. The normalized spacial score (nSPS) is 55.0. The van der Waals surface area contributed by atoms with Gasteiger partial charge in [0.25, 0.3) is 0 Å². The number of rotatable bonds is 2. The van der Waals surface area contributed by atoms with Crippen LogP contribution in [0.5, 0.6) is 0 Å². The van der Waals surface area contributed by atoms with Gasteiger partial charge in [0.2, 0.25) is 0 Å². The van der Waals surface area contributed by atoms with Crippen molar-refractivity contribution in [2.24, 2.45) is 56.7 Å². The summed E-state index contributed by atoms with van der Waals surface area (Å²) >= 11 is 0. The minimum absolute atomic E-state index is 0.0202. The number of aliphatic hydroxyl groups is 1. The smallest absolute Gasteiger partial charge is 0.309 e. The zero-order valence-corrected chi connectivity index (χ0v) is 22.0. The van der Waals surface area contributed by atoms with Gasteiger partial charge >= 0.3 is 5.97 Å². The molecule has 186 valence electrons. The quantitative estimate of drug-likeness (QED) is 0.436. The summed E-state index contributed by atoms with van der Waals surface area (Å²) in [6.07, 6.45) is 10.5. The second-order valence-corrected chi connectivity index (χ2v) is 14.5. The molecule has 0 heterocycles. The first-order chi connectivity index (χ1) is 15.3. The number of aliphatic carboxylic acids is 1. The van der Waals surface area contributed by atoms with Crippen LogP contribution < -0.4 is 0 Å². The molecule has 0 aromatic carbocycles. The van der Waals surface area contributed by atoms with E-state index in [1.165, 1.54) is 31.3 Å². The highest BCUT2D eigenvalue weighted by Gasteiger charge is 2.71. The first-order valence-corrected chi connectivity index (χ1v) is 13.8. The Hall–Kier alpha value is -0.830. The van der Waals surface area contributed by atoms with Gasteiger partial charge in [-0.2, -0.15) is 0 Å². The van der Waals surface area contributed by atoms with Gasteiger partial charge in [0.15, 0.2) is 0 Å². The van der Waals surface area contributed by atoms with Gasteiger partial charge in [-0.25, -0.2) is 0 Å². The van der Waals surface area contributed by atoms with E-state index in [1.807, 2.05) is 0 Å². The van der Waals surface area contributed by atoms with E-state index in [4.69, 9.17) is 0 Å². The van der Waals surface area contributed by atoms with Crippen LogP contribution in [0.2, 0.25) is 0 Å². The van der Waals surface area contributed by atoms with E-state index in [0.717, 1.165) is 38.5 Å². The molecule has 0 amide bonds. The SMILES string of the molecule is C=C(C)[C@@H]1CC[C@@]2(C(=O)O)CC[C@]3(C)[C@H](CC[C@@H]4[C@]5(C)CC[C@H](O)C(C)(C)[C@H]5CC[C@@]43C)[C@@H]12. The Morgan fingerprint density at radius 3 is 2.15 bits per heavy atom. The van der Waals surface area contributed by atoms with Gasteiger partial charge in [0, 0.05) is 0 Å². The van der Waals surface area contributed by atoms with Crippen LogP contribution in [-0.4, -0.2) is 22.3 Å². The molecule has 5 aliphatic rings. The van der Waals surface area contributed by atoms with E-state index in [-0.39, 0.29) is 33.7 Å². The summed E-state index contributed by atoms with van der Waals surface area (Å²) in [7, 11) is 0. The summed E-state index contributed by atoms with van der Waals surface area (Å²) in [6, 6.07) is 0. The second-order valence-electron chi connectivity index (χ2n) is 14.5. The Balaban J connectivity index is 1.57. The van der Waals surface area contributed by atoms with Crippen LogP contribution in [0, 0.1) is 56.7 Å². The highest BCUT2D eigenvalue weighted by Crippen LogP contribution is 2.77. The zero-order valence-electron chi connectivity index (χ0n) is 22.0. The second kappa shape index (κ2) is 7.11. The minimum Gasteiger partial charge on any atom is -0.481 e. The Kier molecular flexibility index (Phi) is 5.15. The summed E-state index contributed by atoms with van der Waals surface area (Å²) < 4.78 is 0. The molecule has 33 heavy (non-hydrogen) atoms. The van der Waals surface area contributed by atoms with Crippen LogP contribution in [0.25, 0.3) is 0 Å². The Morgan fingerprint density at radius 1 is 0.818 bits per heavy atom. The monoisotopic (exact) mass is 456 g/mol. The number of hydrogen-bond donors (Lipinski definition) is 2. The fraction of sp³-hybridized carbons (Fsp3) is 0.900. The summed E-state index contributed by atoms with van der Waals surface area (Å²) in [5.41, 5.74) is 1.35. The third-order valence-electron chi connectivity index (χ3n) is 13.5. The molecule has 5 rings (SSSR count). The lowest BCUT2D eigenvalue weighted by atomic mass is 9.32. The Bertz CT molecular complexity index is 861. The molecule has 5 aliphatic carbocycles. The van der Waals surface area contributed by atoms with Crippen molar-refractivity contribution >= 4 is 5.97 Å². The average Bonchev–Trinajstić information content (AvgIpc) is 3.13. The van der Waals surface area contributed by atoms with Gasteiger partial charge in [-0.15, -0.1) is 0 Å². The largest absolute Gasteiger partial charge is 0.481 e. The maximum Gasteiger partial charge on any atom is 0.309 e. The Morgan fingerprint density at radius 2 is 1.52 bits per heavy atom. The number of carboxylic acid groups (broad SMARTS) is 1. The molecule has 0 saturated heterocycles. The topological polar surface area (TPSA) is 57.5 Å². The predicted octanol–water partition coefficient (Wildman–Crippen LogP) is 7.09.